The molecule has 184 valence electrons. The van der Waals surface area contributed by atoms with Gasteiger partial charge < -0.3 is 24.6 Å². The van der Waals surface area contributed by atoms with E-state index in [4.69, 9.17) is 14.2 Å². The molecule has 1 fully saturated rings. The van der Waals surface area contributed by atoms with E-state index in [1.807, 2.05) is 60.7 Å². The Morgan fingerprint density at radius 3 is 2.34 bits per heavy atom. The molecule has 1 saturated heterocycles. The molecule has 6 heteroatoms. The summed E-state index contributed by atoms with van der Waals surface area (Å²) in [5.41, 5.74) is 2.57. The van der Waals surface area contributed by atoms with E-state index in [-0.39, 0.29) is 29.4 Å². The normalized spacial score (nSPS) is 15.7. The van der Waals surface area contributed by atoms with Crippen LogP contribution in [0.4, 0.5) is 0 Å². The average Bonchev–Trinajstić information content (AvgIpc) is 2.91. The first-order valence-corrected chi connectivity index (χ1v) is 12.0. The number of phenolic OH excluding ortho intramolecular Hbond substituents is 1. The summed E-state index contributed by atoms with van der Waals surface area (Å²) in [7, 11) is 3.25. The van der Waals surface area contributed by atoms with Gasteiger partial charge in [0.2, 0.25) is 5.91 Å². The predicted octanol–water partition coefficient (Wildman–Crippen LogP) is 4.80. The highest BCUT2D eigenvalue weighted by molar-refractivity contribution is 5.78. The van der Waals surface area contributed by atoms with Gasteiger partial charge >= 0.3 is 0 Å². The number of hydrogen-bond acceptors (Lipinski definition) is 5. The summed E-state index contributed by atoms with van der Waals surface area (Å²) in [4.78, 5) is 13.3. The van der Waals surface area contributed by atoms with E-state index < -0.39 is 0 Å². The lowest BCUT2D eigenvalue weighted by molar-refractivity contribution is -0.121. The monoisotopic (exact) mass is 475 g/mol. The summed E-state index contributed by atoms with van der Waals surface area (Å²) in [6, 6.07) is 23.0. The maximum absolute atomic E-state index is 13.3. The van der Waals surface area contributed by atoms with Crippen LogP contribution in [0.3, 0.4) is 0 Å². The number of carbonyl (C=O) groups is 1. The lowest BCUT2D eigenvalue weighted by Crippen LogP contribution is -2.44. The fourth-order valence-electron chi connectivity index (χ4n) is 4.90. The van der Waals surface area contributed by atoms with Crippen molar-refractivity contribution in [2.45, 2.75) is 30.6 Å². The first-order chi connectivity index (χ1) is 17.1. The fourth-order valence-corrected chi connectivity index (χ4v) is 4.90. The molecule has 1 aliphatic rings. The van der Waals surface area contributed by atoms with Crippen LogP contribution in [-0.2, 0) is 14.9 Å². The van der Waals surface area contributed by atoms with Gasteiger partial charge in [0.1, 0.15) is 5.75 Å². The Balaban J connectivity index is 1.55. The van der Waals surface area contributed by atoms with Crippen molar-refractivity contribution in [1.82, 2.24) is 5.32 Å². The minimum absolute atomic E-state index is 0.0616. The Hall–Kier alpha value is -3.51. The van der Waals surface area contributed by atoms with Gasteiger partial charge in [-0.15, -0.1) is 0 Å². The highest BCUT2D eigenvalue weighted by Crippen LogP contribution is 2.39. The molecule has 0 radical (unpaired) electrons. The molecule has 1 heterocycles. The molecule has 0 saturated carbocycles. The highest BCUT2D eigenvalue weighted by Gasteiger charge is 2.36. The quantitative estimate of drug-likeness (QED) is 0.465. The zero-order valence-electron chi connectivity index (χ0n) is 20.3. The Kier molecular flexibility index (Phi) is 7.93. The van der Waals surface area contributed by atoms with Crippen LogP contribution in [0.1, 0.15) is 41.9 Å². The second-order valence-corrected chi connectivity index (χ2v) is 8.97. The lowest BCUT2D eigenvalue weighted by Gasteiger charge is -2.38. The topological polar surface area (TPSA) is 77.0 Å². The molecule has 1 amide bonds. The molecule has 0 aromatic heterocycles. The highest BCUT2D eigenvalue weighted by atomic mass is 16.5. The predicted molar refractivity (Wildman–Crippen MR) is 135 cm³/mol. The van der Waals surface area contributed by atoms with Crippen molar-refractivity contribution in [3.8, 4) is 17.2 Å². The minimum Gasteiger partial charge on any atom is -0.508 e. The largest absolute Gasteiger partial charge is 0.508 e. The van der Waals surface area contributed by atoms with Crippen LogP contribution in [0.2, 0.25) is 0 Å². The Morgan fingerprint density at radius 2 is 1.66 bits per heavy atom. The molecule has 1 atom stereocenters. The fraction of sp³-hybridized carbons (Fsp3) is 0.345. The summed E-state index contributed by atoms with van der Waals surface area (Å²) in [6.07, 6.45) is 1.83. The van der Waals surface area contributed by atoms with Gasteiger partial charge in [0.05, 0.1) is 14.2 Å². The molecule has 35 heavy (non-hydrogen) atoms. The number of amides is 1. The summed E-state index contributed by atoms with van der Waals surface area (Å²) in [5, 5.41) is 13.7. The number of benzene rings is 3. The van der Waals surface area contributed by atoms with Crippen LogP contribution in [0.15, 0.2) is 72.8 Å². The third kappa shape index (κ3) is 5.60. The average molecular weight is 476 g/mol. The first-order valence-electron chi connectivity index (χ1n) is 12.0. The Labute approximate surface area is 206 Å². The molecule has 0 bridgehead atoms. The molecule has 2 N–H and O–H groups in total. The number of carbonyl (C=O) groups excluding carboxylic acids is 1. The van der Waals surface area contributed by atoms with Gasteiger partial charge in [-0.2, -0.15) is 0 Å². The molecule has 0 aliphatic carbocycles. The number of nitrogens with one attached hydrogen (secondary N) is 1. The summed E-state index contributed by atoms with van der Waals surface area (Å²) in [5.74, 6) is 1.24. The summed E-state index contributed by atoms with van der Waals surface area (Å²) < 4.78 is 16.6. The second kappa shape index (κ2) is 11.3. The number of rotatable bonds is 9. The van der Waals surface area contributed by atoms with E-state index in [0.29, 0.717) is 31.3 Å². The van der Waals surface area contributed by atoms with Crippen LogP contribution >= 0.6 is 0 Å². The number of hydrogen-bond donors (Lipinski definition) is 2. The SMILES string of the molecule is COc1ccc(C2(CNC(=O)CC(c3ccccc3)c3ccccc3O)CCOCC2)cc1OC. The Bertz CT molecular complexity index is 1120. The summed E-state index contributed by atoms with van der Waals surface area (Å²) >= 11 is 0. The minimum atomic E-state index is -0.259. The van der Waals surface area contributed by atoms with Gasteiger partial charge in [-0.25, -0.2) is 0 Å². The van der Waals surface area contributed by atoms with E-state index in [1.54, 1.807) is 26.4 Å². The standard InChI is InChI=1S/C29H33NO5/c1-33-26-13-12-22(18-27(26)34-2)29(14-16-35-17-15-29)20-30-28(32)19-24(21-8-4-3-5-9-21)23-10-6-7-11-25(23)31/h3-13,18,24,31H,14-17,19-20H2,1-2H3,(H,30,32). The van der Waals surface area contributed by atoms with Gasteiger partial charge in [-0.1, -0.05) is 54.6 Å². The molecule has 1 unspecified atom stereocenters. The molecule has 4 rings (SSSR count). The number of ether oxygens (including phenoxy) is 3. The van der Waals surface area contributed by atoms with Crippen molar-refractivity contribution in [3.63, 3.8) is 0 Å². The Morgan fingerprint density at radius 1 is 0.971 bits per heavy atom. The van der Waals surface area contributed by atoms with Crippen molar-refractivity contribution in [1.29, 1.82) is 0 Å². The zero-order chi connectivity index (χ0) is 24.7. The van der Waals surface area contributed by atoms with Gasteiger partial charge in [0.15, 0.2) is 11.5 Å². The van der Waals surface area contributed by atoms with Gasteiger partial charge in [0.25, 0.3) is 0 Å². The molecule has 6 nitrogen and oxygen atoms in total. The maximum atomic E-state index is 13.3. The van der Waals surface area contributed by atoms with Crippen LogP contribution in [-0.4, -0.2) is 45.0 Å². The van der Waals surface area contributed by atoms with Crippen molar-refractivity contribution in [2.24, 2.45) is 0 Å². The van der Waals surface area contributed by atoms with Crippen molar-refractivity contribution >= 4 is 5.91 Å². The third-order valence-electron chi connectivity index (χ3n) is 6.97. The molecule has 0 spiro atoms. The van der Waals surface area contributed by atoms with E-state index in [2.05, 4.69) is 5.32 Å². The van der Waals surface area contributed by atoms with Crippen molar-refractivity contribution in [2.75, 3.05) is 34.0 Å². The van der Waals surface area contributed by atoms with Crippen LogP contribution < -0.4 is 14.8 Å². The number of methoxy groups -OCH3 is 2. The van der Waals surface area contributed by atoms with Gasteiger partial charge in [-0.3, -0.25) is 4.79 Å². The van der Waals surface area contributed by atoms with Crippen LogP contribution in [0.5, 0.6) is 17.2 Å². The van der Waals surface area contributed by atoms with Gasteiger partial charge in [0, 0.05) is 43.1 Å². The van der Waals surface area contributed by atoms with Crippen molar-refractivity contribution < 1.29 is 24.1 Å². The van der Waals surface area contributed by atoms with E-state index >= 15 is 0 Å². The maximum Gasteiger partial charge on any atom is 0.220 e. The summed E-state index contributed by atoms with van der Waals surface area (Å²) in [6.45, 7) is 1.76. The first kappa shape index (κ1) is 24.6. The van der Waals surface area contributed by atoms with E-state index in [0.717, 1.165) is 29.5 Å². The zero-order valence-corrected chi connectivity index (χ0v) is 20.3. The van der Waals surface area contributed by atoms with E-state index in [1.165, 1.54) is 0 Å². The molecule has 1 aliphatic heterocycles. The smallest absolute Gasteiger partial charge is 0.220 e. The number of para-hydroxylation sites is 1. The lowest BCUT2D eigenvalue weighted by atomic mass is 9.74. The molecule has 3 aromatic rings. The van der Waals surface area contributed by atoms with E-state index in [9.17, 15) is 9.90 Å². The second-order valence-electron chi connectivity index (χ2n) is 8.97. The third-order valence-corrected chi connectivity index (χ3v) is 6.97. The molecular formula is C29H33NO5. The number of aromatic hydroxyl groups is 1. The van der Waals surface area contributed by atoms with Crippen molar-refractivity contribution in [3.05, 3.63) is 89.5 Å². The van der Waals surface area contributed by atoms with Crippen LogP contribution in [0.25, 0.3) is 0 Å². The molecular weight excluding hydrogens is 442 g/mol. The molecule has 3 aromatic carbocycles. The number of phenols is 1. The van der Waals surface area contributed by atoms with Crippen LogP contribution in [0, 0.1) is 0 Å². The van der Waals surface area contributed by atoms with Gasteiger partial charge in [-0.05, 0) is 42.2 Å².